The van der Waals surface area contributed by atoms with Crippen molar-refractivity contribution in [3.8, 4) is 0 Å². The van der Waals surface area contributed by atoms with Crippen LogP contribution in [0.25, 0.3) is 0 Å². The first-order valence-electron chi connectivity index (χ1n) is 6.52. The Morgan fingerprint density at radius 3 is 2.20 bits per heavy atom. The van der Waals surface area contributed by atoms with Gasteiger partial charge in [-0.1, -0.05) is 34.1 Å². The SMILES string of the molecule is CCOP(=O)(C[C@H](OC)[C@H](CBr)OC)c1ccccc1. The summed E-state index contributed by atoms with van der Waals surface area (Å²) >= 11 is 3.38. The average Bonchev–Trinajstić information content (AvgIpc) is 2.48. The van der Waals surface area contributed by atoms with Crippen LogP contribution >= 0.6 is 23.3 Å². The molecule has 114 valence electrons. The van der Waals surface area contributed by atoms with E-state index < -0.39 is 7.37 Å². The molecule has 0 radical (unpaired) electrons. The third-order valence-corrected chi connectivity index (χ3v) is 6.32. The zero-order valence-corrected chi connectivity index (χ0v) is 14.6. The van der Waals surface area contributed by atoms with E-state index in [4.69, 9.17) is 14.0 Å². The summed E-state index contributed by atoms with van der Waals surface area (Å²) in [5.41, 5.74) is 0. The molecule has 20 heavy (non-hydrogen) atoms. The molecule has 0 N–H and O–H groups in total. The summed E-state index contributed by atoms with van der Waals surface area (Å²) in [5.74, 6) is 0. The molecular formula is C14H22BrO4P. The van der Waals surface area contributed by atoms with Gasteiger partial charge in [-0.2, -0.15) is 0 Å². The third-order valence-electron chi connectivity index (χ3n) is 3.08. The zero-order chi connectivity index (χ0) is 15.0. The van der Waals surface area contributed by atoms with Crippen LogP contribution in [0, 0.1) is 0 Å². The van der Waals surface area contributed by atoms with Gasteiger partial charge in [0.1, 0.15) is 0 Å². The number of methoxy groups -OCH3 is 2. The molecule has 0 aliphatic heterocycles. The number of rotatable bonds is 9. The maximum Gasteiger partial charge on any atom is 0.234 e. The van der Waals surface area contributed by atoms with Crippen LogP contribution in [0.5, 0.6) is 0 Å². The lowest BCUT2D eigenvalue weighted by molar-refractivity contribution is -0.0119. The van der Waals surface area contributed by atoms with Gasteiger partial charge < -0.3 is 14.0 Å². The molecule has 4 nitrogen and oxygen atoms in total. The predicted octanol–water partition coefficient (Wildman–Crippen LogP) is 3.05. The Labute approximate surface area is 129 Å². The number of hydrogen-bond acceptors (Lipinski definition) is 4. The highest BCUT2D eigenvalue weighted by Crippen LogP contribution is 2.47. The number of hydrogen-bond donors (Lipinski definition) is 0. The minimum atomic E-state index is -2.95. The van der Waals surface area contributed by atoms with Crippen molar-refractivity contribution in [3.63, 3.8) is 0 Å². The van der Waals surface area contributed by atoms with Gasteiger partial charge in [0.15, 0.2) is 0 Å². The Hall–Kier alpha value is -0.190. The zero-order valence-electron chi connectivity index (χ0n) is 12.1. The van der Waals surface area contributed by atoms with Crippen LogP contribution in [0.2, 0.25) is 0 Å². The highest BCUT2D eigenvalue weighted by molar-refractivity contribution is 9.09. The molecule has 0 saturated carbocycles. The first kappa shape index (κ1) is 17.9. The number of ether oxygens (including phenoxy) is 2. The number of alkyl halides is 1. The summed E-state index contributed by atoms with van der Waals surface area (Å²) in [6, 6.07) is 9.28. The standard InChI is InChI=1S/C14H22BrO4P/c1-4-19-20(16,12-8-6-5-7-9-12)11-14(18-3)13(10-15)17-2/h5-9,13-14H,4,10-11H2,1-3H3/t13-,14-,20?/m0/s1. The van der Waals surface area contributed by atoms with Gasteiger partial charge in [-0.25, -0.2) is 0 Å². The number of halogens is 1. The summed E-state index contributed by atoms with van der Waals surface area (Å²) in [7, 11) is 0.265. The first-order valence-corrected chi connectivity index (χ1v) is 9.45. The molecule has 0 spiro atoms. The molecule has 0 aliphatic carbocycles. The molecule has 1 unspecified atom stereocenters. The first-order chi connectivity index (χ1) is 9.61. The van der Waals surface area contributed by atoms with E-state index in [1.54, 1.807) is 14.2 Å². The fraction of sp³-hybridized carbons (Fsp3) is 0.571. The highest BCUT2D eigenvalue weighted by Gasteiger charge is 2.33. The molecule has 1 rings (SSSR count). The van der Waals surface area contributed by atoms with Crippen LogP contribution in [-0.4, -0.2) is 44.5 Å². The number of benzene rings is 1. The third kappa shape index (κ3) is 4.68. The summed E-state index contributed by atoms with van der Waals surface area (Å²) in [6.07, 6.45) is -0.166. The average molecular weight is 365 g/mol. The summed E-state index contributed by atoms with van der Waals surface area (Å²) in [6.45, 7) is 2.24. The van der Waals surface area contributed by atoms with Crippen LogP contribution in [0.4, 0.5) is 0 Å². The smallest absolute Gasteiger partial charge is 0.234 e. The summed E-state index contributed by atoms with van der Waals surface area (Å²) < 4.78 is 29.6. The van der Waals surface area contributed by atoms with E-state index in [1.165, 1.54) is 0 Å². The topological polar surface area (TPSA) is 44.8 Å². The van der Waals surface area contributed by atoms with Crippen molar-refractivity contribution in [3.05, 3.63) is 30.3 Å². The second kappa shape index (κ2) is 8.96. The molecule has 6 heteroatoms. The molecule has 0 aliphatic rings. The minimum Gasteiger partial charge on any atom is -0.378 e. The predicted molar refractivity (Wildman–Crippen MR) is 85.6 cm³/mol. The quantitative estimate of drug-likeness (QED) is 0.499. The monoisotopic (exact) mass is 364 g/mol. The van der Waals surface area contributed by atoms with Crippen molar-refractivity contribution >= 4 is 28.6 Å². The lowest BCUT2D eigenvalue weighted by atomic mass is 10.2. The summed E-state index contributed by atoms with van der Waals surface area (Å²) in [4.78, 5) is 0. The van der Waals surface area contributed by atoms with Crippen LogP contribution in [-0.2, 0) is 18.6 Å². The van der Waals surface area contributed by atoms with Gasteiger partial charge in [0.25, 0.3) is 0 Å². The molecule has 0 amide bonds. The fourth-order valence-electron chi connectivity index (χ4n) is 1.99. The maximum atomic E-state index is 13.1. The van der Waals surface area contributed by atoms with E-state index in [0.29, 0.717) is 23.4 Å². The van der Waals surface area contributed by atoms with Crippen molar-refractivity contribution in [2.75, 3.05) is 32.3 Å². The van der Waals surface area contributed by atoms with Gasteiger partial charge in [0, 0.05) is 24.9 Å². The second-order valence-electron chi connectivity index (χ2n) is 4.31. The molecular weight excluding hydrogens is 343 g/mol. The molecule has 3 atom stereocenters. The van der Waals surface area contributed by atoms with Gasteiger partial charge in [0.2, 0.25) is 7.37 Å². The second-order valence-corrected chi connectivity index (χ2v) is 7.45. The van der Waals surface area contributed by atoms with Crippen LogP contribution in [0.1, 0.15) is 6.92 Å². The Balaban J connectivity index is 2.99. The molecule has 1 aromatic rings. The minimum absolute atomic E-state index is 0.169. The van der Waals surface area contributed by atoms with Crippen LogP contribution in [0.15, 0.2) is 30.3 Å². The Morgan fingerprint density at radius 2 is 1.75 bits per heavy atom. The van der Waals surface area contributed by atoms with Crippen molar-refractivity contribution in [1.29, 1.82) is 0 Å². The van der Waals surface area contributed by atoms with E-state index in [1.807, 2.05) is 37.3 Å². The van der Waals surface area contributed by atoms with E-state index >= 15 is 0 Å². The maximum absolute atomic E-state index is 13.1. The van der Waals surface area contributed by atoms with E-state index in [9.17, 15) is 4.57 Å². The van der Waals surface area contributed by atoms with E-state index in [0.717, 1.165) is 0 Å². The Kier molecular flexibility index (Phi) is 8.00. The lowest BCUT2D eigenvalue weighted by Crippen LogP contribution is -2.35. The molecule has 0 heterocycles. The molecule has 1 aromatic carbocycles. The van der Waals surface area contributed by atoms with Crippen LogP contribution in [0.3, 0.4) is 0 Å². The highest BCUT2D eigenvalue weighted by atomic mass is 79.9. The van der Waals surface area contributed by atoms with Crippen LogP contribution < -0.4 is 5.30 Å². The normalized spacial score (nSPS) is 17.4. The fourth-order valence-corrected chi connectivity index (χ4v) is 5.04. The van der Waals surface area contributed by atoms with Gasteiger partial charge in [0.05, 0.1) is 25.0 Å². The van der Waals surface area contributed by atoms with Gasteiger partial charge in [-0.3, -0.25) is 4.57 Å². The van der Waals surface area contributed by atoms with E-state index in [2.05, 4.69) is 15.9 Å². The lowest BCUT2D eigenvalue weighted by Gasteiger charge is -2.27. The van der Waals surface area contributed by atoms with Gasteiger partial charge in [-0.15, -0.1) is 0 Å². The molecule has 0 aromatic heterocycles. The van der Waals surface area contributed by atoms with Gasteiger partial charge >= 0.3 is 0 Å². The van der Waals surface area contributed by atoms with Crippen molar-refractivity contribution in [2.45, 2.75) is 19.1 Å². The van der Waals surface area contributed by atoms with E-state index in [-0.39, 0.29) is 12.2 Å². The molecule has 0 bridgehead atoms. The van der Waals surface area contributed by atoms with Crippen molar-refractivity contribution < 1.29 is 18.6 Å². The van der Waals surface area contributed by atoms with Gasteiger partial charge in [-0.05, 0) is 19.1 Å². The van der Waals surface area contributed by atoms with Crippen molar-refractivity contribution in [2.24, 2.45) is 0 Å². The molecule has 0 fully saturated rings. The molecule has 0 saturated heterocycles. The Morgan fingerprint density at radius 1 is 1.15 bits per heavy atom. The summed E-state index contributed by atoms with van der Waals surface area (Å²) in [5, 5.41) is 1.33. The van der Waals surface area contributed by atoms with Crippen molar-refractivity contribution in [1.82, 2.24) is 0 Å². The Bertz CT molecular complexity index is 422. The largest absolute Gasteiger partial charge is 0.378 e.